The van der Waals surface area contributed by atoms with Gasteiger partial charge in [-0.3, -0.25) is 9.59 Å². The van der Waals surface area contributed by atoms with Crippen molar-refractivity contribution in [2.45, 2.75) is 70.3 Å². The summed E-state index contributed by atoms with van der Waals surface area (Å²) in [4.78, 5) is 36.3. The number of hydrogen-bond donors (Lipinski definition) is 0. The minimum atomic E-state index is 0.175. The first-order valence-electron chi connectivity index (χ1n) is 10.6. The zero-order valence-corrected chi connectivity index (χ0v) is 17.1. The van der Waals surface area contributed by atoms with Crippen LogP contribution in [0.15, 0.2) is 36.4 Å². The normalized spacial score (nSPS) is 18.6. The molecule has 2 heterocycles. The van der Waals surface area contributed by atoms with Crippen molar-refractivity contribution in [3.63, 3.8) is 0 Å². The second-order valence-corrected chi connectivity index (χ2v) is 7.92. The Balaban J connectivity index is 0.000000161. The van der Waals surface area contributed by atoms with Crippen LogP contribution in [0.5, 0.6) is 0 Å². The molecule has 2 amide bonds. The summed E-state index contributed by atoms with van der Waals surface area (Å²) in [6, 6.07) is 12.0. The van der Waals surface area contributed by atoms with Crippen LogP contribution in [0.3, 0.4) is 0 Å². The molecule has 3 aliphatic rings. The minimum Gasteiger partial charge on any atom is -0.343 e. The number of carbonyl (C=O) groups is 3. The second-order valence-electron chi connectivity index (χ2n) is 7.92. The number of amides is 2. The summed E-state index contributed by atoms with van der Waals surface area (Å²) in [7, 11) is 0. The summed E-state index contributed by atoms with van der Waals surface area (Å²) in [6.45, 7) is 4.40. The third-order valence-electron chi connectivity index (χ3n) is 5.65. The molecule has 3 fully saturated rings. The number of Topliss-reactive ketones (excluding diaryl/α,β-unsaturated/α-hetero) is 1. The van der Waals surface area contributed by atoms with Gasteiger partial charge in [0.1, 0.15) is 5.78 Å². The number of likely N-dealkylation sites (tertiary alicyclic amines) is 2. The van der Waals surface area contributed by atoms with Crippen LogP contribution in [0.25, 0.3) is 0 Å². The third kappa shape index (κ3) is 7.45. The molecule has 154 valence electrons. The van der Waals surface area contributed by atoms with E-state index in [-0.39, 0.29) is 11.7 Å². The largest absolute Gasteiger partial charge is 0.343 e. The summed E-state index contributed by atoms with van der Waals surface area (Å²) in [5.41, 5.74) is 0.377. The van der Waals surface area contributed by atoms with Crippen molar-refractivity contribution >= 4 is 18.1 Å². The number of nitrogens with zero attached hydrogens (tertiary/aromatic N) is 2. The molecule has 5 heteroatoms. The lowest BCUT2D eigenvalue weighted by Crippen LogP contribution is -2.29. The van der Waals surface area contributed by atoms with Crippen LogP contribution in [-0.2, 0) is 14.4 Å². The lowest BCUT2D eigenvalue weighted by atomic mass is 10.2. The van der Waals surface area contributed by atoms with Gasteiger partial charge in [-0.25, -0.2) is 0 Å². The monoisotopic (exact) mass is 386 g/mol. The first-order chi connectivity index (χ1) is 13.6. The van der Waals surface area contributed by atoms with Gasteiger partial charge in [0.25, 0.3) is 0 Å². The molecule has 4 rings (SSSR count). The topological polar surface area (TPSA) is 57.7 Å². The smallest absolute Gasteiger partial charge is 0.222 e. The zero-order valence-electron chi connectivity index (χ0n) is 17.1. The van der Waals surface area contributed by atoms with Gasteiger partial charge >= 0.3 is 0 Å². The van der Waals surface area contributed by atoms with Crippen molar-refractivity contribution in [3.8, 4) is 0 Å². The van der Waals surface area contributed by atoms with Crippen molar-refractivity contribution in [3.05, 3.63) is 36.4 Å². The van der Waals surface area contributed by atoms with E-state index >= 15 is 0 Å². The molecule has 0 unspecified atom stereocenters. The van der Waals surface area contributed by atoms with Crippen molar-refractivity contribution in [2.75, 3.05) is 19.6 Å². The van der Waals surface area contributed by atoms with Crippen LogP contribution >= 0.6 is 0 Å². The first kappa shape index (κ1) is 22.1. The SMILES string of the molecule is CC(=O)CCCC(=O)N1CCCC1.O=CN1CCCC12CC2.c1ccccc1. The van der Waals surface area contributed by atoms with E-state index in [1.54, 1.807) is 6.92 Å². The highest BCUT2D eigenvalue weighted by Crippen LogP contribution is 2.48. The minimum absolute atomic E-state index is 0.175. The number of rotatable bonds is 5. The Morgan fingerprint density at radius 1 is 0.857 bits per heavy atom. The van der Waals surface area contributed by atoms with Crippen molar-refractivity contribution in [1.82, 2.24) is 9.80 Å². The van der Waals surface area contributed by atoms with Gasteiger partial charge in [-0.15, -0.1) is 0 Å². The Morgan fingerprint density at radius 2 is 1.43 bits per heavy atom. The van der Waals surface area contributed by atoms with E-state index in [4.69, 9.17) is 0 Å². The summed E-state index contributed by atoms with van der Waals surface area (Å²) >= 11 is 0. The highest BCUT2D eigenvalue weighted by Gasteiger charge is 2.50. The number of ketones is 1. The molecule has 28 heavy (non-hydrogen) atoms. The Labute approximate surface area is 169 Å². The molecule has 5 nitrogen and oxygen atoms in total. The van der Waals surface area contributed by atoms with E-state index in [0.717, 1.165) is 38.9 Å². The van der Waals surface area contributed by atoms with Crippen LogP contribution in [0.2, 0.25) is 0 Å². The van der Waals surface area contributed by atoms with E-state index < -0.39 is 0 Å². The molecule has 0 N–H and O–H groups in total. The van der Waals surface area contributed by atoms with Crippen LogP contribution in [0, 0.1) is 0 Å². The van der Waals surface area contributed by atoms with E-state index in [1.807, 2.05) is 46.2 Å². The molecule has 2 saturated heterocycles. The number of hydrogen-bond acceptors (Lipinski definition) is 3. The van der Waals surface area contributed by atoms with Crippen LogP contribution in [0.4, 0.5) is 0 Å². The Bertz CT molecular complexity index is 581. The summed E-state index contributed by atoms with van der Waals surface area (Å²) in [6.07, 6.45) is 10.1. The molecule has 1 saturated carbocycles. The standard InChI is InChI=1S/C10H17NO2.C7H11NO.C6H6/c1-9(12)5-4-6-10(13)11-7-2-3-8-11;9-6-8-5-1-2-7(8)3-4-7;1-2-4-6-5-3-1/h2-8H2,1H3;6H,1-5H2;1-6H. The highest BCUT2D eigenvalue weighted by molar-refractivity contribution is 5.78. The highest BCUT2D eigenvalue weighted by atomic mass is 16.2. The van der Waals surface area contributed by atoms with Crippen molar-refractivity contribution < 1.29 is 14.4 Å². The fourth-order valence-corrected chi connectivity index (χ4v) is 3.80. The third-order valence-corrected chi connectivity index (χ3v) is 5.65. The number of benzene rings is 1. The molecular weight excluding hydrogens is 352 g/mol. The van der Waals surface area contributed by atoms with E-state index in [2.05, 4.69) is 0 Å². The maximum atomic E-state index is 11.4. The van der Waals surface area contributed by atoms with Crippen molar-refractivity contribution in [2.24, 2.45) is 0 Å². The second kappa shape index (κ2) is 11.6. The predicted octanol–water partition coefficient (Wildman–Crippen LogP) is 3.83. The van der Waals surface area contributed by atoms with Gasteiger partial charge in [0.05, 0.1) is 0 Å². The summed E-state index contributed by atoms with van der Waals surface area (Å²) in [5, 5.41) is 0. The van der Waals surface area contributed by atoms with Crippen LogP contribution < -0.4 is 0 Å². The lowest BCUT2D eigenvalue weighted by molar-refractivity contribution is -0.130. The van der Waals surface area contributed by atoms with Gasteiger partial charge in [-0.05, 0) is 51.9 Å². The quantitative estimate of drug-likeness (QED) is 0.723. The van der Waals surface area contributed by atoms with Gasteiger partial charge in [0.15, 0.2) is 0 Å². The summed E-state index contributed by atoms with van der Waals surface area (Å²) < 4.78 is 0. The van der Waals surface area contributed by atoms with Crippen molar-refractivity contribution in [1.29, 1.82) is 0 Å². The fourth-order valence-electron chi connectivity index (χ4n) is 3.80. The molecule has 0 aromatic heterocycles. The Morgan fingerprint density at radius 3 is 1.86 bits per heavy atom. The molecule has 1 aromatic carbocycles. The maximum absolute atomic E-state index is 11.4. The average molecular weight is 387 g/mol. The Kier molecular flexibility index (Phi) is 9.18. The zero-order chi connectivity index (χ0) is 20.2. The average Bonchev–Trinajstić information content (AvgIpc) is 3.10. The van der Waals surface area contributed by atoms with Gasteiger partial charge in [-0.1, -0.05) is 36.4 Å². The molecule has 0 atom stereocenters. The summed E-state index contributed by atoms with van der Waals surface area (Å²) in [5.74, 6) is 0.396. The molecule has 2 aliphatic heterocycles. The maximum Gasteiger partial charge on any atom is 0.222 e. The molecule has 0 bridgehead atoms. The lowest BCUT2D eigenvalue weighted by Gasteiger charge is -2.17. The molecule has 1 aromatic rings. The predicted molar refractivity (Wildman–Crippen MR) is 111 cm³/mol. The van der Waals surface area contributed by atoms with Gasteiger partial charge in [0, 0.05) is 38.0 Å². The fraction of sp³-hybridized carbons (Fsp3) is 0.609. The van der Waals surface area contributed by atoms with E-state index in [9.17, 15) is 14.4 Å². The van der Waals surface area contributed by atoms with Gasteiger partial charge in [0.2, 0.25) is 12.3 Å². The molecule has 0 radical (unpaired) electrons. The molecular formula is C23H34N2O3. The van der Waals surface area contributed by atoms with E-state index in [1.165, 1.54) is 25.7 Å². The first-order valence-corrected chi connectivity index (χ1v) is 10.6. The molecule has 1 aliphatic carbocycles. The molecule has 1 spiro atoms. The Hall–Kier alpha value is -2.17. The van der Waals surface area contributed by atoms with E-state index in [0.29, 0.717) is 24.8 Å². The van der Waals surface area contributed by atoms with Gasteiger partial charge < -0.3 is 14.6 Å². The van der Waals surface area contributed by atoms with Crippen LogP contribution in [-0.4, -0.2) is 53.1 Å². The van der Waals surface area contributed by atoms with Gasteiger partial charge in [-0.2, -0.15) is 0 Å². The van der Waals surface area contributed by atoms with Crippen LogP contribution in [0.1, 0.15) is 64.7 Å². The number of carbonyl (C=O) groups excluding carboxylic acids is 3.